The third kappa shape index (κ3) is 3.14. The number of benzene rings is 1. The molecule has 0 saturated heterocycles. The highest BCUT2D eigenvalue weighted by Gasteiger charge is 2.11. The molecule has 0 bridgehead atoms. The van der Waals surface area contributed by atoms with Gasteiger partial charge in [0.25, 0.3) is 0 Å². The third-order valence-electron chi connectivity index (χ3n) is 3.03. The SMILES string of the molecule is CCCc1nc2ccccc2n1CCC(=O)NC(N)=O. The Labute approximate surface area is 117 Å². The van der Waals surface area contributed by atoms with E-state index in [1.54, 1.807) is 0 Å². The van der Waals surface area contributed by atoms with Gasteiger partial charge in [-0.25, -0.2) is 9.78 Å². The van der Waals surface area contributed by atoms with Crippen LogP contribution >= 0.6 is 0 Å². The zero-order chi connectivity index (χ0) is 14.5. The van der Waals surface area contributed by atoms with E-state index in [9.17, 15) is 9.59 Å². The average molecular weight is 274 g/mol. The van der Waals surface area contributed by atoms with Gasteiger partial charge in [-0.2, -0.15) is 0 Å². The van der Waals surface area contributed by atoms with Crippen LogP contribution in [0.15, 0.2) is 24.3 Å². The molecule has 3 amide bonds. The number of hydrogen-bond acceptors (Lipinski definition) is 3. The van der Waals surface area contributed by atoms with E-state index in [0.29, 0.717) is 6.54 Å². The summed E-state index contributed by atoms with van der Waals surface area (Å²) in [4.78, 5) is 26.7. The summed E-state index contributed by atoms with van der Waals surface area (Å²) in [6, 6.07) is 7.00. The van der Waals surface area contributed by atoms with Crippen LogP contribution in [-0.2, 0) is 17.8 Å². The number of aryl methyl sites for hydroxylation is 2. The quantitative estimate of drug-likeness (QED) is 0.867. The van der Waals surface area contributed by atoms with Crippen molar-refractivity contribution < 1.29 is 9.59 Å². The van der Waals surface area contributed by atoms with Crippen LogP contribution in [0.25, 0.3) is 11.0 Å². The average Bonchev–Trinajstić information content (AvgIpc) is 2.73. The first-order valence-corrected chi connectivity index (χ1v) is 6.65. The number of aromatic nitrogens is 2. The van der Waals surface area contributed by atoms with Crippen LogP contribution < -0.4 is 11.1 Å². The molecule has 20 heavy (non-hydrogen) atoms. The summed E-state index contributed by atoms with van der Waals surface area (Å²) in [7, 11) is 0. The molecule has 2 rings (SSSR count). The van der Waals surface area contributed by atoms with Gasteiger partial charge in [0.2, 0.25) is 5.91 Å². The second kappa shape index (κ2) is 6.18. The van der Waals surface area contributed by atoms with Gasteiger partial charge in [0.1, 0.15) is 5.82 Å². The Hall–Kier alpha value is -2.37. The Morgan fingerprint density at radius 2 is 2.10 bits per heavy atom. The molecule has 1 heterocycles. The minimum absolute atomic E-state index is 0.194. The second-order valence-electron chi connectivity index (χ2n) is 4.58. The van der Waals surface area contributed by atoms with Gasteiger partial charge in [0, 0.05) is 19.4 Å². The standard InChI is InChI=1S/C14H18N4O2/c1-2-5-12-16-10-6-3-4-7-11(10)18(12)9-8-13(19)17-14(15)20/h3-4,6-7H,2,5,8-9H2,1H3,(H3,15,17,19,20). The van der Waals surface area contributed by atoms with Gasteiger partial charge in [-0.15, -0.1) is 0 Å². The Morgan fingerprint density at radius 1 is 1.35 bits per heavy atom. The highest BCUT2D eigenvalue weighted by molar-refractivity contribution is 5.93. The fourth-order valence-corrected chi connectivity index (χ4v) is 2.20. The predicted octanol–water partition coefficient (Wildman–Crippen LogP) is 1.57. The lowest BCUT2D eigenvalue weighted by atomic mass is 10.3. The summed E-state index contributed by atoms with van der Waals surface area (Å²) in [5.41, 5.74) is 6.85. The number of nitrogens with one attached hydrogen (secondary N) is 1. The van der Waals surface area contributed by atoms with Crippen molar-refractivity contribution in [2.75, 3.05) is 0 Å². The number of fused-ring (bicyclic) bond motifs is 1. The molecule has 0 aliphatic rings. The first kappa shape index (κ1) is 14.0. The molecule has 0 spiro atoms. The number of imidazole rings is 1. The van der Waals surface area contributed by atoms with Crippen molar-refractivity contribution in [3.05, 3.63) is 30.1 Å². The van der Waals surface area contributed by atoms with E-state index < -0.39 is 6.03 Å². The van der Waals surface area contributed by atoms with E-state index in [1.807, 2.05) is 28.8 Å². The molecule has 0 radical (unpaired) electrons. The molecule has 1 aromatic heterocycles. The van der Waals surface area contributed by atoms with E-state index in [0.717, 1.165) is 29.7 Å². The van der Waals surface area contributed by atoms with E-state index >= 15 is 0 Å². The largest absolute Gasteiger partial charge is 0.351 e. The number of para-hydroxylation sites is 2. The van der Waals surface area contributed by atoms with E-state index in [-0.39, 0.29) is 12.3 Å². The molecule has 3 N–H and O–H groups in total. The minimum Gasteiger partial charge on any atom is -0.351 e. The maximum Gasteiger partial charge on any atom is 0.318 e. The Morgan fingerprint density at radius 3 is 2.80 bits per heavy atom. The first-order valence-electron chi connectivity index (χ1n) is 6.65. The number of imide groups is 1. The number of primary amides is 1. The van der Waals surface area contributed by atoms with Crippen molar-refractivity contribution in [2.45, 2.75) is 32.7 Å². The molecule has 0 unspecified atom stereocenters. The molecule has 106 valence electrons. The lowest BCUT2D eigenvalue weighted by Crippen LogP contribution is -2.35. The molecule has 0 saturated carbocycles. The Balaban J connectivity index is 2.20. The smallest absolute Gasteiger partial charge is 0.318 e. The third-order valence-corrected chi connectivity index (χ3v) is 3.03. The second-order valence-corrected chi connectivity index (χ2v) is 4.58. The fourth-order valence-electron chi connectivity index (χ4n) is 2.20. The Bertz CT molecular complexity index is 633. The summed E-state index contributed by atoms with van der Waals surface area (Å²) >= 11 is 0. The normalized spacial score (nSPS) is 10.7. The molecule has 0 atom stereocenters. The monoisotopic (exact) mass is 274 g/mol. The maximum atomic E-state index is 11.5. The lowest BCUT2D eigenvalue weighted by molar-refractivity contribution is -0.120. The van der Waals surface area contributed by atoms with Gasteiger partial charge in [-0.05, 0) is 18.6 Å². The first-order chi connectivity index (χ1) is 9.61. The van der Waals surface area contributed by atoms with Crippen LogP contribution in [-0.4, -0.2) is 21.5 Å². The van der Waals surface area contributed by atoms with Crippen molar-refractivity contribution in [3.8, 4) is 0 Å². The van der Waals surface area contributed by atoms with Gasteiger partial charge < -0.3 is 10.3 Å². The maximum absolute atomic E-state index is 11.5. The number of nitrogens with zero attached hydrogens (tertiary/aromatic N) is 2. The summed E-state index contributed by atoms with van der Waals surface area (Å²) in [6.07, 6.45) is 2.03. The van der Waals surface area contributed by atoms with Crippen molar-refractivity contribution in [3.63, 3.8) is 0 Å². The summed E-state index contributed by atoms with van der Waals surface area (Å²) in [5.74, 6) is 0.582. The van der Waals surface area contributed by atoms with Crippen LogP contribution in [0, 0.1) is 0 Å². The van der Waals surface area contributed by atoms with Gasteiger partial charge in [-0.3, -0.25) is 10.1 Å². The fraction of sp³-hybridized carbons (Fsp3) is 0.357. The number of urea groups is 1. The molecule has 6 heteroatoms. The number of hydrogen-bond donors (Lipinski definition) is 2. The van der Waals surface area contributed by atoms with Crippen LogP contribution in [0.4, 0.5) is 4.79 Å². The van der Waals surface area contributed by atoms with Gasteiger partial charge in [0.05, 0.1) is 11.0 Å². The van der Waals surface area contributed by atoms with Crippen molar-refractivity contribution in [2.24, 2.45) is 5.73 Å². The zero-order valence-electron chi connectivity index (χ0n) is 11.4. The van der Waals surface area contributed by atoms with Crippen LogP contribution in [0.1, 0.15) is 25.6 Å². The van der Waals surface area contributed by atoms with E-state index in [1.165, 1.54) is 0 Å². The summed E-state index contributed by atoms with van der Waals surface area (Å²) in [5, 5.41) is 2.07. The molecule has 6 nitrogen and oxygen atoms in total. The molecule has 0 fully saturated rings. The summed E-state index contributed by atoms with van der Waals surface area (Å²) in [6.45, 7) is 2.57. The zero-order valence-corrected chi connectivity index (χ0v) is 11.4. The highest BCUT2D eigenvalue weighted by Crippen LogP contribution is 2.17. The van der Waals surface area contributed by atoms with Gasteiger partial charge in [0.15, 0.2) is 0 Å². The molecule has 2 aromatic rings. The van der Waals surface area contributed by atoms with Crippen molar-refractivity contribution in [1.29, 1.82) is 0 Å². The Kier molecular flexibility index (Phi) is 4.34. The molecular formula is C14H18N4O2. The lowest BCUT2D eigenvalue weighted by Gasteiger charge is -2.08. The number of carbonyl (C=O) groups excluding carboxylic acids is 2. The number of nitrogens with two attached hydrogens (primary N) is 1. The van der Waals surface area contributed by atoms with Crippen molar-refractivity contribution >= 4 is 23.0 Å². The number of carbonyl (C=O) groups is 2. The summed E-state index contributed by atoms with van der Waals surface area (Å²) < 4.78 is 2.03. The number of rotatable bonds is 5. The van der Waals surface area contributed by atoms with Crippen LogP contribution in [0.2, 0.25) is 0 Å². The van der Waals surface area contributed by atoms with Gasteiger partial charge in [-0.1, -0.05) is 19.1 Å². The van der Waals surface area contributed by atoms with Crippen molar-refractivity contribution in [1.82, 2.24) is 14.9 Å². The highest BCUT2D eigenvalue weighted by atomic mass is 16.2. The molecular weight excluding hydrogens is 256 g/mol. The van der Waals surface area contributed by atoms with Crippen LogP contribution in [0.3, 0.4) is 0 Å². The van der Waals surface area contributed by atoms with Crippen LogP contribution in [0.5, 0.6) is 0 Å². The minimum atomic E-state index is -0.820. The van der Waals surface area contributed by atoms with Gasteiger partial charge >= 0.3 is 6.03 Å². The molecule has 1 aromatic carbocycles. The topological polar surface area (TPSA) is 90.0 Å². The number of amides is 3. The van der Waals surface area contributed by atoms with E-state index in [4.69, 9.17) is 5.73 Å². The predicted molar refractivity (Wildman–Crippen MR) is 76.1 cm³/mol. The van der Waals surface area contributed by atoms with E-state index in [2.05, 4.69) is 17.2 Å². The molecule has 0 aliphatic carbocycles. The molecule has 0 aliphatic heterocycles.